The van der Waals surface area contributed by atoms with Crippen molar-refractivity contribution in [3.05, 3.63) is 0 Å². The fourth-order valence-electron chi connectivity index (χ4n) is 5.03. The number of ether oxygens (including phenoxy) is 4. The van der Waals surface area contributed by atoms with Crippen LogP contribution in [0.4, 0.5) is 4.79 Å². The average molecular weight is 467 g/mol. The summed E-state index contributed by atoms with van der Waals surface area (Å²) in [5, 5.41) is 0. The maximum atomic E-state index is 14.0. The smallest absolute Gasteiger partial charge is 0.320 e. The molecule has 0 unspecified atom stereocenters. The number of carbonyl (C=O) groups is 3. The van der Waals surface area contributed by atoms with Crippen molar-refractivity contribution in [1.82, 2.24) is 9.80 Å². The van der Waals surface area contributed by atoms with Gasteiger partial charge in [-0.3, -0.25) is 9.59 Å². The third-order valence-electron chi connectivity index (χ3n) is 6.88. The Morgan fingerprint density at radius 2 is 1.24 bits per heavy atom. The highest BCUT2D eigenvalue weighted by atomic mass is 16.8. The van der Waals surface area contributed by atoms with Crippen LogP contribution in [0.1, 0.15) is 66.2 Å². The quantitative estimate of drug-likeness (QED) is 0.457. The van der Waals surface area contributed by atoms with Gasteiger partial charge in [0.15, 0.2) is 5.79 Å². The van der Waals surface area contributed by atoms with Crippen molar-refractivity contribution in [2.24, 2.45) is 11.8 Å². The maximum absolute atomic E-state index is 14.0. The first-order valence-corrected chi connectivity index (χ1v) is 12.5. The van der Waals surface area contributed by atoms with Crippen molar-refractivity contribution in [3.8, 4) is 0 Å². The number of hydrogen-bond acceptors (Lipinski definition) is 7. The van der Waals surface area contributed by atoms with E-state index in [2.05, 4.69) is 0 Å². The molecule has 33 heavy (non-hydrogen) atoms. The van der Waals surface area contributed by atoms with Gasteiger partial charge < -0.3 is 28.7 Å². The van der Waals surface area contributed by atoms with Gasteiger partial charge in [0.25, 0.3) is 0 Å². The molecule has 9 heteroatoms. The van der Waals surface area contributed by atoms with Gasteiger partial charge in [-0.05, 0) is 65.2 Å². The Labute approximate surface area is 196 Å². The molecule has 2 aliphatic carbocycles. The minimum Gasteiger partial charge on any atom is -0.466 e. The fourth-order valence-corrected chi connectivity index (χ4v) is 5.03. The molecule has 2 saturated carbocycles. The van der Waals surface area contributed by atoms with Crippen LogP contribution < -0.4 is 0 Å². The van der Waals surface area contributed by atoms with Crippen molar-refractivity contribution in [1.29, 1.82) is 0 Å². The molecule has 4 rings (SSSR count). The van der Waals surface area contributed by atoms with E-state index in [1.807, 2.05) is 23.6 Å². The molecule has 0 aromatic carbocycles. The molecule has 2 heterocycles. The van der Waals surface area contributed by atoms with Crippen molar-refractivity contribution < 1.29 is 33.3 Å². The molecule has 4 atom stereocenters. The van der Waals surface area contributed by atoms with Gasteiger partial charge in [0.1, 0.15) is 12.2 Å². The highest BCUT2D eigenvalue weighted by molar-refractivity contribution is 5.79. The summed E-state index contributed by atoms with van der Waals surface area (Å²) in [7, 11) is 0. The summed E-state index contributed by atoms with van der Waals surface area (Å²) in [6, 6.07) is -1.17. The minimum absolute atomic E-state index is 0.0380. The minimum atomic E-state index is -0.897. The van der Waals surface area contributed by atoms with E-state index < -0.39 is 30.1 Å². The predicted molar refractivity (Wildman–Crippen MR) is 118 cm³/mol. The predicted octanol–water partition coefficient (Wildman–Crippen LogP) is 2.71. The fraction of sp³-hybridized carbons (Fsp3) is 0.875. The highest BCUT2D eigenvalue weighted by Crippen LogP contribution is 2.42. The Balaban J connectivity index is 1.71. The molecule has 0 aromatic rings. The highest BCUT2D eigenvalue weighted by Gasteiger charge is 2.57. The van der Waals surface area contributed by atoms with Gasteiger partial charge in [-0.15, -0.1) is 0 Å². The van der Waals surface area contributed by atoms with Crippen LogP contribution >= 0.6 is 0 Å². The van der Waals surface area contributed by atoms with E-state index in [-0.39, 0.29) is 44.0 Å². The van der Waals surface area contributed by atoms with Crippen LogP contribution in [0, 0.1) is 11.8 Å². The summed E-state index contributed by atoms with van der Waals surface area (Å²) in [5.41, 5.74) is 0. The third kappa shape index (κ3) is 5.80. The normalized spacial score (nSPS) is 31.2. The SMILES string of the molecule is CCOC(=O)C[C@@H]1[C@@H]2OC(C)(C)O[C@H]2[C@@H](CC(=O)OCC)N(CC2CC2)C(=O)N1CC1CC1. The second kappa shape index (κ2) is 9.78. The first-order valence-electron chi connectivity index (χ1n) is 12.5. The molecule has 4 aliphatic rings. The zero-order valence-corrected chi connectivity index (χ0v) is 20.3. The van der Waals surface area contributed by atoms with Gasteiger partial charge in [-0.2, -0.15) is 0 Å². The van der Waals surface area contributed by atoms with Gasteiger partial charge >= 0.3 is 18.0 Å². The second-order valence-electron chi connectivity index (χ2n) is 10.2. The molecule has 2 amide bonds. The lowest BCUT2D eigenvalue weighted by atomic mass is 9.94. The lowest BCUT2D eigenvalue weighted by Crippen LogP contribution is -2.53. The third-order valence-corrected chi connectivity index (χ3v) is 6.88. The number of nitrogens with zero attached hydrogens (tertiary/aromatic N) is 2. The molecule has 2 saturated heterocycles. The number of rotatable bonds is 10. The standard InChI is InChI=1S/C24H38N2O7/c1-5-30-19(27)11-17-21-22(33-24(3,4)32-21)18(12-20(28)31-6-2)26(14-16-9-10-16)23(29)25(17)13-15-7-8-15/h15-18,21-22H,5-14H2,1-4H3/t17-,18-,21+,22+/m1/s1. The van der Waals surface area contributed by atoms with E-state index in [1.165, 1.54) is 0 Å². The van der Waals surface area contributed by atoms with Gasteiger partial charge in [-0.1, -0.05) is 0 Å². The number of urea groups is 1. The van der Waals surface area contributed by atoms with Crippen LogP contribution in [0.15, 0.2) is 0 Å². The van der Waals surface area contributed by atoms with Crippen molar-refractivity contribution >= 4 is 18.0 Å². The number of hydrogen-bond donors (Lipinski definition) is 0. The molecule has 9 nitrogen and oxygen atoms in total. The zero-order chi connectivity index (χ0) is 23.8. The van der Waals surface area contributed by atoms with Gasteiger partial charge in [-0.25, -0.2) is 4.79 Å². The van der Waals surface area contributed by atoms with Crippen LogP contribution in [0.3, 0.4) is 0 Å². The topological polar surface area (TPSA) is 94.6 Å². The average Bonchev–Trinajstić information content (AvgIpc) is 3.66. The Bertz CT molecular complexity index is 691. The molecule has 0 radical (unpaired) electrons. The summed E-state index contributed by atoms with van der Waals surface area (Å²) in [4.78, 5) is 42.8. The Kier molecular flexibility index (Phi) is 7.19. The van der Waals surface area contributed by atoms with Crippen LogP contribution in [-0.4, -0.2) is 84.2 Å². The number of fused-ring (bicyclic) bond motifs is 1. The molecule has 186 valence electrons. The molecule has 4 fully saturated rings. The van der Waals surface area contributed by atoms with Crippen LogP contribution in [0.5, 0.6) is 0 Å². The molecule has 0 spiro atoms. The van der Waals surface area contributed by atoms with Crippen LogP contribution in [0.25, 0.3) is 0 Å². The van der Waals surface area contributed by atoms with Crippen molar-refractivity contribution in [2.45, 2.75) is 96.3 Å². The van der Waals surface area contributed by atoms with E-state index in [4.69, 9.17) is 18.9 Å². The maximum Gasteiger partial charge on any atom is 0.320 e. The van der Waals surface area contributed by atoms with E-state index in [0.29, 0.717) is 24.9 Å². The van der Waals surface area contributed by atoms with Crippen LogP contribution in [-0.2, 0) is 28.5 Å². The molecular weight excluding hydrogens is 428 g/mol. The molecule has 0 N–H and O–H groups in total. The van der Waals surface area contributed by atoms with E-state index in [1.54, 1.807) is 13.8 Å². The van der Waals surface area contributed by atoms with Crippen LogP contribution in [0.2, 0.25) is 0 Å². The van der Waals surface area contributed by atoms with E-state index in [9.17, 15) is 14.4 Å². The van der Waals surface area contributed by atoms with E-state index in [0.717, 1.165) is 25.7 Å². The van der Waals surface area contributed by atoms with Gasteiger partial charge in [0.05, 0.1) is 38.1 Å². The Morgan fingerprint density at radius 3 is 1.58 bits per heavy atom. The summed E-state index contributed by atoms with van der Waals surface area (Å²) in [6.45, 7) is 8.91. The molecule has 0 aromatic heterocycles. The Morgan fingerprint density at radius 1 is 0.848 bits per heavy atom. The molecule has 2 aliphatic heterocycles. The number of carbonyl (C=O) groups excluding carboxylic acids is 3. The second-order valence-corrected chi connectivity index (χ2v) is 10.2. The Hall–Kier alpha value is -1.87. The number of amides is 2. The van der Waals surface area contributed by atoms with Crippen molar-refractivity contribution in [3.63, 3.8) is 0 Å². The van der Waals surface area contributed by atoms with Gasteiger partial charge in [0.2, 0.25) is 0 Å². The lowest BCUT2D eigenvalue weighted by molar-refractivity contribution is -0.163. The number of esters is 2. The first kappa shape index (κ1) is 24.3. The van der Waals surface area contributed by atoms with Gasteiger partial charge in [0, 0.05) is 13.1 Å². The molecular formula is C24H38N2O7. The first-order chi connectivity index (χ1) is 15.7. The summed E-state index contributed by atoms with van der Waals surface area (Å²) >= 11 is 0. The summed E-state index contributed by atoms with van der Waals surface area (Å²) in [5.74, 6) is -0.762. The largest absolute Gasteiger partial charge is 0.466 e. The summed E-state index contributed by atoms with van der Waals surface area (Å²) in [6.07, 6.45) is 3.27. The zero-order valence-electron chi connectivity index (χ0n) is 20.3. The summed E-state index contributed by atoms with van der Waals surface area (Å²) < 4.78 is 23.2. The van der Waals surface area contributed by atoms with E-state index >= 15 is 0 Å². The lowest BCUT2D eigenvalue weighted by Gasteiger charge is -2.37. The molecule has 0 bridgehead atoms. The van der Waals surface area contributed by atoms with Crippen molar-refractivity contribution in [2.75, 3.05) is 26.3 Å². The monoisotopic (exact) mass is 466 g/mol.